The standard InChI is InChI=1S/C16H23NO4/c1-20-15(21-2)11-12-7-9-17(10-8-12)14-5-3-13(4-6-14)16(18)19/h3-6,12,15H,7-11H2,1-2H3,(H,18,19). The first-order chi connectivity index (χ1) is 10.1. The van der Waals surface area contributed by atoms with E-state index in [2.05, 4.69) is 4.90 Å². The Labute approximate surface area is 125 Å². The van der Waals surface area contributed by atoms with Gasteiger partial charge >= 0.3 is 5.97 Å². The molecule has 1 aliphatic heterocycles. The number of carboxylic acid groups (broad SMARTS) is 1. The number of carbonyl (C=O) groups is 1. The van der Waals surface area contributed by atoms with Crippen molar-refractivity contribution in [2.24, 2.45) is 5.92 Å². The van der Waals surface area contributed by atoms with Crippen molar-refractivity contribution in [3.05, 3.63) is 29.8 Å². The van der Waals surface area contributed by atoms with Crippen LogP contribution in [0.15, 0.2) is 24.3 Å². The number of piperidine rings is 1. The van der Waals surface area contributed by atoms with Crippen LogP contribution in [-0.2, 0) is 9.47 Å². The summed E-state index contributed by atoms with van der Waals surface area (Å²) >= 11 is 0. The van der Waals surface area contributed by atoms with Gasteiger partial charge < -0.3 is 19.5 Å². The maximum atomic E-state index is 10.9. The molecule has 1 N–H and O–H groups in total. The third kappa shape index (κ3) is 4.19. The summed E-state index contributed by atoms with van der Waals surface area (Å²) in [6, 6.07) is 7.10. The highest BCUT2D eigenvalue weighted by Gasteiger charge is 2.22. The number of hydrogen-bond donors (Lipinski definition) is 1. The van der Waals surface area contributed by atoms with Crippen molar-refractivity contribution in [1.29, 1.82) is 0 Å². The predicted octanol–water partition coefficient (Wildman–Crippen LogP) is 2.61. The maximum Gasteiger partial charge on any atom is 0.335 e. The maximum absolute atomic E-state index is 10.9. The average Bonchev–Trinajstić information content (AvgIpc) is 2.53. The Morgan fingerprint density at radius 3 is 2.29 bits per heavy atom. The molecule has 0 bridgehead atoms. The Hall–Kier alpha value is -1.59. The molecule has 1 aromatic rings. The zero-order chi connectivity index (χ0) is 15.2. The number of benzene rings is 1. The van der Waals surface area contributed by atoms with Gasteiger partial charge in [-0.15, -0.1) is 0 Å². The molecule has 1 heterocycles. The van der Waals surface area contributed by atoms with Crippen LogP contribution in [0.4, 0.5) is 5.69 Å². The highest BCUT2D eigenvalue weighted by atomic mass is 16.7. The number of carboxylic acids is 1. The first-order valence-electron chi connectivity index (χ1n) is 7.28. The van der Waals surface area contributed by atoms with E-state index in [4.69, 9.17) is 14.6 Å². The van der Waals surface area contributed by atoms with E-state index < -0.39 is 5.97 Å². The van der Waals surface area contributed by atoms with Gasteiger partial charge in [-0.05, 0) is 43.0 Å². The summed E-state index contributed by atoms with van der Waals surface area (Å²) < 4.78 is 10.5. The van der Waals surface area contributed by atoms with Crippen molar-refractivity contribution in [3.8, 4) is 0 Å². The van der Waals surface area contributed by atoms with E-state index in [1.807, 2.05) is 12.1 Å². The molecule has 0 unspecified atom stereocenters. The molecule has 1 saturated heterocycles. The van der Waals surface area contributed by atoms with Crippen molar-refractivity contribution >= 4 is 11.7 Å². The normalized spacial score (nSPS) is 16.4. The van der Waals surface area contributed by atoms with Crippen LogP contribution in [0.25, 0.3) is 0 Å². The fourth-order valence-corrected chi connectivity index (χ4v) is 2.80. The minimum atomic E-state index is -0.884. The lowest BCUT2D eigenvalue weighted by atomic mass is 9.93. The first-order valence-corrected chi connectivity index (χ1v) is 7.28. The topological polar surface area (TPSA) is 59.0 Å². The lowest BCUT2D eigenvalue weighted by Gasteiger charge is -2.34. The summed E-state index contributed by atoms with van der Waals surface area (Å²) in [7, 11) is 3.35. The monoisotopic (exact) mass is 293 g/mol. The molecule has 5 nitrogen and oxygen atoms in total. The van der Waals surface area contributed by atoms with Gasteiger partial charge in [-0.25, -0.2) is 4.79 Å². The van der Waals surface area contributed by atoms with E-state index in [1.54, 1.807) is 26.4 Å². The molecule has 1 aliphatic rings. The van der Waals surface area contributed by atoms with E-state index in [1.165, 1.54) is 0 Å². The molecule has 2 rings (SSSR count). The summed E-state index contributed by atoms with van der Waals surface area (Å²) in [4.78, 5) is 13.2. The summed E-state index contributed by atoms with van der Waals surface area (Å²) in [5.74, 6) is -0.269. The Morgan fingerprint density at radius 2 is 1.81 bits per heavy atom. The van der Waals surface area contributed by atoms with Gasteiger partial charge in [0.2, 0.25) is 0 Å². The van der Waals surface area contributed by atoms with Crippen molar-refractivity contribution in [2.75, 3.05) is 32.2 Å². The van der Waals surface area contributed by atoms with E-state index in [0.717, 1.165) is 38.0 Å². The van der Waals surface area contributed by atoms with E-state index in [0.29, 0.717) is 11.5 Å². The zero-order valence-electron chi connectivity index (χ0n) is 12.6. The molecule has 0 amide bonds. The van der Waals surface area contributed by atoms with E-state index in [-0.39, 0.29) is 6.29 Å². The van der Waals surface area contributed by atoms with Crippen LogP contribution < -0.4 is 4.90 Å². The van der Waals surface area contributed by atoms with Crippen LogP contribution in [0.2, 0.25) is 0 Å². The summed E-state index contributed by atoms with van der Waals surface area (Å²) in [6.45, 7) is 1.97. The van der Waals surface area contributed by atoms with Crippen molar-refractivity contribution in [1.82, 2.24) is 0 Å². The Kier molecular flexibility index (Phi) is 5.59. The average molecular weight is 293 g/mol. The third-order valence-electron chi connectivity index (χ3n) is 4.15. The molecule has 0 radical (unpaired) electrons. The predicted molar refractivity (Wildman–Crippen MR) is 80.8 cm³/mol. The van der Waals surface area contributed by atoms with Gasteiger partial charge in [-0.3, -0.25) is 0 Å². The molecular weight excluding hydrogens is 270 g/mol. The van der Waals surface area contributed by atoms with Crippen molar-refractivity contribution < 1.29 is 19.4 Å². The largest absolute Gasteiger partial charge is 0.478 e. The number of aromatic carboxylic acids is 1. The number of nitrogens with zero attached hydrogens (tertiary/aromatic N) is 1. The van der Waals surface area contributed by atoms with E-state index >= 15 is 0 Å². The van der Waals surface area contributed by atoms with Crippen LogP contribution in [0, 0.1) is 5.92 Å². The molecular formula is C16H23NO4. The Morgan fingerprint density at radius 1 is 1.24 bits per heavy atom. The molecule has 0 atom stereocenters. The minimum absolute atomic E-state index is 0.114. The molecule has 0 spiro atoms. The molecule has 0 aromatic heterocycles. The fraction of sp³-hybridized carbons (Fsp3) is 0.562. The Balaban J connectivity index is 1.87. The van der Waals surface area contributed by atoms with Crippen LogP contribution in [-0.4, -0.2) is 44.7 Å². The van der Waals surface area contributed by atoms with Gasteiger partial charge in [-0.1, -0.05) is 0 Å². The zero-order valence-corrected chi connectivity index (χ0v) is 12.6. The van der Waals surface area contributed by atoms with Gasteiger partial charge in [-0.2, -0.15) is 0 Å². The second kappa shape index (κ2) is 7.43. The molecule has 1 fully saturated rings. The molecule has 0 saturated carbocycles. The van der Waals surface area contributed by atoms with Gasteiger partial charge in [0.1, 0.15) is 0 Å². The number of methoxy groups -OCH3 is 2. The summed E-state index contributed by atoms with van der Waals surface area (Å²) in [5.41, 5.74) is 1.42. The van der Waals surface area contributed by atoms with Gasteiger partial charge in [0, 0.05) is 39.4 Å². The lowest BCUT2D eigenvalue weighted by Crippen LogP contribution is -2.35. The number of ether oxygens (including phenoxy) is 2. The summed E-state index contributed by atoms with van der Waals surface area (Å²) in [5, 5.41) is 8.91. The number of rotatable bonds is 6. The highest BCUT2D eigenvalue weighted by Crippen LogP contribution is 2.27. The molecule has 21 heavy (non-hydrogen) atoms. The highest BCUT2D eigenvalue weighted by molar-refractivity contribution is 5.88. The van der Waals surface area contributed by atoms with Gasteiger partial charge in [0.25, 0.3) is 0 Å². The van der Waals surface area contributed by atoms with Crippen molar-refractivity contribution in [3.63, 3.8) is 0 Å². The number of hydrogen-bond acceptors (Lipinski definition) is 4. The summed E-state index contributed by atoms with van der Waals surface area (Å²) in [6.07, 6.45) is 3.02. The van der Waals surface area contributed by atoms with E-state index in [9.17, 15) is 4.79 Å². The molecule has 5 heteroatoms. The van der Waals surface area contributed by atoms with Crippen LogP contribution in [0.5, 0.6) is 0 Å². The molecule has 0 aliphatic carbocycles. The van der Waals surface area contributed by atoms with Crippen LogP contribution in [0.1, 0.15) is 29.6 Å². The van der Waals surface area contributed by atoms with Crippen LogP contribution in [0.3, 0.4) is 0 Å². The third-order valence-corrected chi connectivity index (χ3v) is 4.15. The van der Waals surface area contributed by atoms with Crippen molar-refractivity contribution in [2.45, 2.75) is 25.6 Å². The second-order valence-electron chi connectivity index (χ2n) is 5.42. The first kappa shape index (κ1) is 15.8. The molecule has 1 aromatic carbocycles. The van der Waals surface area contributed by atoms with Crippen LogP contribution >= 0.6 is 0 Å². The smallest absolute Gasteiger partial charge is 0.335 e. The van der Waals surface area contributed by atoms with Gasteiger partial charge in [0.15, 0.2) is 6.29 Å². The lowest BCUT2D eigenvalue weighted by molar-refractivity contribution is -0.115. The second-order valence-corrected chi connectivity index (χ2v) is 5.42. The van der Waals surface area contributed by atoms with Gasteiger partial charge in [0.05, 0.1) is 5.56 Å². The Bertz CT molecular complexity index is 448. The SMILES string of the molecule is COC(CC1CCN(c2ccc(C(=O)O)cc2)CC1)OC. The number of anilines is 1. The minimum Gasteiger partial charge on any atom is -0.478 e. The quantitative estimate of drug-likeness (QED) is 0.817. The fourth-order valence-electron chi connectivity index (χ4n) is 2.80. The molecule has 116 valence electrons.